The molecule has 0 aromatic carbocycles. The van der Waals surface area contributed by atoms with Gasteiger partial charge in [0.2, 0.25) is 5.91 Å². The van der Waals surface area contributed by atoms with Crippen LogP contribution in [0.25, 0.3) is 0 Å². The van der Waals surface area contributed by atoms with Crippen LogP contribution in [0.15, 0.2) is 17.1 Å². The molecule has 1 heterocycles. The SMILES string of the molecule is O=C(Nc1cc(C(F)(F)F)c[nH]c1=O)[C@@H]1CC1(Cl)Cl. The number of hydrogen-bond donors (Lipinski definition) is 2. The van der Waals surface area contributed by atoms with Crippen molar-refractivity contribution in [2.45, 2.75) is 16.9 Å². The van der Waals surface area contributed by atoms with Crippen LogP contribution in [-0.4, -0.2) is 15.2 Å². The van der Waals surface area contributed by atoms with E-state index in [1.54, 1.807) is 0 Å². The van der Waals surface area contributed by atoms with Crippen LogP contribution in [0.4, 0.5) is 18.9 Å². The molecule has 1 atom stereocenters. The van der Waals surface area contributed by atoms with E-state index in [-0.39, 0.29) is 6.42 Å². The minimum atomic E-state index is -4.62. The lowest BCUT2D eigenvalue weighted by molar-refractivity contribution is -0.137. The Morgan fingerprint density at radius 1 is 1.47 bits per heavy atom. The third-order valence-electron chi connectivity index (χ3n) is 2.63. The molecule has 1 amide bonds. The predicted octanol–water partition coefficient (Wildman–Crippen LogP) is 2.53. The van der Waals surface area contributed by atoms with Crippen LogP contribution in [-0.2, 0) is 11.0 Å². The molecule has 1 fully saturated rings. The molecule has 0 saturated heterocycles. The summed E-state index contributed by atoms with van der Waals surface area (Å²) in [4.78, 5) is 24.8. The van der Waals surface area contributed by atoms with Crippen molar-refractivity contribution in [2.24, 2.45) is 5.92 Å². The fraction of sp³-hybridized carbons (Fsp3) is 0.400. The molecule has 9 heteroatoms. The summed E-state index contributed by atoms with van der Waals surface area (Å²) in [6.45, 7) is 0. The number of hydrogen-bond acceptors (Lipinski definition) is 2. The maximum atomic E-state index is 12.5. The Kier molecular flexibility index (Phi) is 3.30. The van der Waals surface area contributed by atoms with Crippen LogP contribution in [0.3, 0.4) is 0 Å². The van der Waals surface area contributed by atoms with Crippen LogP contribution in [0.1, 0.15) is 12.0 Å². The molecule has 104 valence electrons. The molecule has 1 aliphatic carbocycles. The van der Waals surface area contributed by atoms with E-state index in [0.717, 1.165) is 0 Å². The fourth-order valence-electron chi connectivity index (χ4n) is 1.46. The summed E-state index contributed by atoms with van der Waals surface area (Å²) in [5.74, 6) is -1.42. The molecule has 19 heavy (non-hydrogen) atoms. The number of carbonyl (C=O) groups excluding carboxylic acids is 1. The second kappa shape index (κ2) is 4.42. The van der Waals surface area contributed by atoms with Gasteiger partial charge in [-0.05, 0) is 12.5 Å². The van der Waals surface area contributed by atoms with E-state index in [1.807, 2.05) is 4.98 Å². The molecule has 0 spiro atoms. The van der Waals surface area contributed by atoms with Crippen LogP contribution in [0, 0.1) is 5.92 Å². The topological polar surface area (TPSA) is 62.0 Å². The molecule has 0 aliphatic heterocycles. The van der Waals surface area contributed by atoms with Crippen molar-refractivity contribution in [1.82, 2.24) is 4.98 Å². The zero-order valence-corrected chi connectivity index (χ0v) is 10.7. The zero-order chi connectivity index (χ0) is 14.4. The first-order valence-electron chi connectivity index (χ1n) is 5.10. The molecule has 1 aliphatic rings. The van der Waals surface area contributed by atoms with Crippen molar-refractivity contribution < 1.29 is 18.0 Å². The second-order valence-corrected chi connectivity index (χ2v) is 5.68. The monoisotopic (exact) mass is 314 g/mol. The van der Waals surface area contributed by atoms with Gasteiger partial charge in [-0.15, -0.1) is 23.2 Å². The molecule has 1 saturated carbocycles. The first-order valence-corrected chi connectivity index (χ1v) is 5.85. The summed E-state index contributed by atoms with van der Waals surface area (Å²) in [6, 6.07) is 0.559. The van der Waals surface area contributed by atoms with Crippen LogP contribution in [0.5, 0.6) is 0 Å². The normalized spacial score (nSPS) is 21.0. The number of aromatic amines is 1. The number of amides is 1. The van der Waals surface area contributed by atoms with Gasteiger partial charge in [0.1, 0.15) is 10.0 Å². The molecule has 2 N–H and O–H groups in total. The van der Waals surface area contributed by atoms with E-state index in [1.165, 1.54) is 0 Å². The summed E-state index contributed by atoms with van der Waals surface area (Å²) in [7, 11) is 0. The van der Waals surface area contributed by atoms with Crippen molar-refractivity contribution in [2.75, 3.05) is 5.32 Å². The van der Waals surface area contributed by atoms with Crippen molar-refractivity contribution in [1.29, 1.82) is 0 Å². The summed E-state index contributed by atoms with van der Waals surface area (Å²) in [5.41, 5.74) is -2.39. The van der Waals surface area contributed by atoms with Crippen LogP contribution >= 0.6 is 23.2 Å². The summed E-state index contributed by atoms with van der Waals surface area (Å²) >= 11 is 11.3. The number of H-pyrrole nitrogens is 1. The van der Waals surface area contributed by atoms with E-state index >= 15 is 0 Å². The van der Waals surface area contributed by atoms with Gasteiger partial charge in [-0.3, -0.25) is 9.59 Å². The molecule has 0 bridgehead atoms. The Labute approximate surface area is 114 Å². The Bertz CT molecular complexity index is 583. The van der Waals surface area contributed by atoms with E-state index in [2.05, 4.69) is 5.32 Å². The third kappa shape index (κ3) is 3.03. The number of halogens is 5. The number of nitrogens with one attached hydrogen (secondary N) is 2. The van der Waals surface area contributed by atoms with Crippen molar-refractivity contribution in [3.8, 4) is 0 Å². The van der Waals surface area contributed by atoms with Crippen LogP contribution in [0.2, 0.25) is 0 Å². The van der Waals surface area contributed by atoms with Crippen molar-refractivity contribution in [3.05, 3.63) is 28.2 Å². The van der Waals surface area contributed by atoms with Gasteiger partial charge in [0.05, 0.1) is 11.5 Å². The molecule has 2 rings (SSSR count). The Hall–Kier alpha value is -1.21. The fourth-order valence-corrected chi connectivity index (χ4v) is 1.96. The number of aromatic nitrogens is 1. The van der Waals surface area contributed by atoms with E-state index in [4.69, 9.17) is 23.2 Å². The van der Waals surface area contributed by atoms with Crippen LogP contribution < -0.4 is 10.9 Å². The average Bonchev–Trinajstić information content (AvgIpc) is 2.89. The van der Waals surface area contributed by atoms with Gasteiger partial charge in [0, 0.05) is 6.20 Å². The Morgan fingerprint density at radius 2 is 2.05 bits per heavy atom. The van der Waals surface area contributed by atoms with Crippen molar-refractivity contribution in [3.63, 3.8) is 0 Å². The van der Waals surface area contributed by atoms with Gasteiger partial charge in [-0.25, -0.2) is 0 Å². The zero-order valence-electron chi connectivity index (χ0n) is 9.15. The minimum absolute atomic E-state index is 0.193. The van der Waals surface area contributed by atoms with Gasteiger partial charge >= 0.3 is 6.18 Å². The summed E-state index contributed by atoms with van der Waals surface area (Å²) < 4.78 is 36.2. The minimum Gasteiger partial charge on any atom is -0.327 e. The first-order chi connectivity index (χ1) is 8.61. The smallest absolute Gasteiger partial charge is 0.327 e. The highest BCUT2D eigenvalue weighted by Crippen LogP contribution is 2.53. The van der Waals surface area contributed by atoms with Gasteiger partial charge in [-0.2, -0.15) is 13.2 Å². The highest BCUT2D eigenvalue weighted by Gasteiger charge is 2.56. The number of pyridine rings is 1. The van der Waals surface area contributed by atoms with Crippen molar-refractivity contribution >= 4 is 34.8 Å². The quantitative estimate of drug-likeness (QED) is 0.824. The number of anilines is 1. The number of carbonyl (C=O) groups is 1. The van der Waals surface area contributed by atoms with Gasteiger partial charge in [0.15, 0.2) is 0 Å². The average molecular weight is 315 g/mol. The van der Waals surface area contributed by atoms with Gasteiger partial charge in [0.25, 0.3) is 5.56 Å². The number of rotatable bonds is 2. The van der Waals surface area contributed by atoms with E-state index in [0.29, 0.717) is 12.3 Å². The molecule has 1 aromatic heterocycles. The van der Waals surface area contributed by atoms with E-state index < -0.39 is 39.1 Å². The Balaban J connectivity index is 2.21. The predicted molar refractivity (Wildman–Crippen MR) is 63.2 cm³/mol. The summed E-state index contributed by atoms with van der Waals surface area (Å²) in [6.07, 6.45) is -3.90. The second-order valence-electron chi connectivity index (χ2n) is 4.14. The van der Waals surface area contributed by atoms with Gasteiger partial charge in [-0.1, -0.05) is 0 Å². The third-order valence-corrected chi connectivity index (χ3v) is 3.47. The first kappa shape index (κ1) is 14.2. The lowest BCUT2D eigenvalue weighted by Crippen LogP contribution is -2.23. The molecule has 0 radical (unpaired) electrons. The molecule has 1 aromatic rings. The standard InChI is InChI=1S/C10H7Cl2F3N2O2/c11-9(12)2-5(9)7(18)17-6-1-4(10(13,14)15)3-16-8(6)19/h1,3,5H,2H2,(H,16,19)(H,17,18)/t5-/m0/s1. The van der Waals surface area contributed by atoms with E-state index in [9.17, 15) is 22.8 Å². The lowest BCUT2D eigenvalue weighted by Gasteiger charge is -2.09. The number of alkyl halides is 5. The molecular formula is C10H7Cl2F3N2O2. The largest absolute Gasteiger partial charge is 0.417 e. The Morgan fingerprint density at radius 3 is 2.53 bits per heavy atom. The van der Waals surface area contributed by atoms with Gasteiger partial charge < -0.3 is 10.3 Å². The lowest BCUT2D eigenvalue weighted by atomic mass is 10.2. The molecular weight excluding hydrogens is 308 g/mol. The highest BCUT2D eigenvalue weighted by molar-refractivity contribution is 6.52. The molecule has 4 nitrogen and oxygen atoms in total. The maximum absolute atomic E-state index is 12.5. The molecule has 0 unspecified atom stereocenters. The summed E-state index contributed by atoms with van der Waals surface area (Å²) in [5, 5.41) is 2.09. The maximum Gasteiger partial charge on any atom is 0.417 e. The highest BCUT2D eigenvalue weighted by atomic mass is 35.5.